The molecule has 7 heteroatoms. The number of anilines is 1. The Balaban J connectivity index is 1.41. The van der Waals surface area contributed by atoms with Crippen LogP contribution in [0.5, 0.6) is 0 Å². The van der Waals surface area contributed by atoms with E-state index in [-0.39, 0.29) is 11.8 Å². The molecule has 1 aliphatic heterocycles. The van der Waals surface area contributed by atoms with Gasteiger partial charge >= 0.3 is 0 Å². The molecule has 1 aliphatic rings. The third kappa shape index (κ3) is 4.75. The summed E-state index contributed by atoms with van der Waals surface area (Å²) in [5.41, 5.74) is 2.91. The van der Waals surface area contributed by atoms with Crippen LogP contribution in [0.3, 0.4) is 0 Å². The molecule has 0 bridgehead atoms. The molecule has 30 heavy (non-hydrogen) atoms. The Kier molecular flexibility index (Phi) is 6.23. The van der Waals surface area contributed by atoms with Crippen molar-refractivity contribution in [3.63, 3.8) is 0 Å². The molecule has 158 valence electrons. The molecule has 1 unspecified atom stereocenters. The monoisotopic (exact) mass is 425 g/mol. The molecule has 4 rings (SSSR count). The van der Waals surface area contributed by atoms with Crippen molar-refractivity contribution in [2.75, 3.05) is 18.4 Å². The van der Waals surface area contributed by atoms with Gasteiger partial charge < -0.3 is 10.2 Å². The summed E-state index contributed by atoms with van der Waals surface area (Å²) in [4.78, 5) is 19.6. The number of hydrogen-bond donors (Lipinski definition) is 2. The molecule has 0 saturated carbocycles. The Hall–Kier alpha value is -2.60. The number of likely N-dealkylation sites (tertiary alicyclic amines) is 1. The summed E-state index contributed by atoms with van der Waals surface area (Å²) in [5.74, 6) is 1.29. The summed E-state index contributed by atoms with van der Waals surface area (Å²) in [7, 11) is 0. The molecular formula is C23H28ClN5O. The smallest absolute Gasteiger partial charge is 0.222 e. The van der Waals surface area contributed by atoms with E-state index in [4.69, 9.17) is 16.6 Å². The maximum Gasteiger partial charge on any atom is 0.222 e. The first-order chi connectivity index (χ1) is 14.5. The lowest BCUT2D eigenvalue weighted by molar-refractivity contribution is -0.132. The number of fused-ring (bicyclic) bond motifs is 1. The fourth-order valence-electron chi connectivity index (χ4n) is 4.08. The Labute approximate surface area is 182 Å². The van der Waals surface area contributed by atoms with E-state index in [1.165, 1.54) is 0 Å². The molecule has 1 atom stereocenters. The van der Waals surface area contributed by atoms with Crippen molar-refractivity contribution >= 4 is 34.4 Å². The van der Waals surface area contributed by atoms with Gasteiger partial charge in [-0.15, -0.1) is 0 Å². The minimum atomic E-state index is 0.200. The lowest BCUT2D eigenvalue weighted by Crippen LogP contribution is -2.39. The molecule has 3 heterocycles. The number of H-pyrrole nitrogens is 1. The number of carbonyl (C=O) groups is 1. The van der Waals surface area contributed by atoms with E-state index in [2.05, 4.69) is 41.5 Å². The van der Waals surface area contributed by atoms with Gasteiger partial charge in [0.1, 0.15) is 0 Å². The number of nitrogens with one attached hydrogen (secondary N) is 2. The largest absolute Gasteiger partial charge is 0.366 e. The van der Waals surface area contributed by atoms with Crippen molar-refractivity contribution in [2.45, 2.75) is 51.5 Å². The van der Waals surface area contributed by atoms with E-state index in [0.717, 1.165) is 54.0 Å². The number of rotatable bonds is 6. The summed E-state index contributed by atoms with van der Waals surface area (Å²) in [6.07, 6.45) is 3.26. The second kappa shape index (κ2) is 9.04. The fraction of sp³-hybridized carbons (Fsp3) is 0.435. The van der Waals surface area contributed by atoms with E-state index in [1.54, 1.807) is 0 Å². The first kappa shape index (κ1) is 20.7. The number of aryl methyl sites for hydroxylation is 1. The van der Waals surface area contributed by atoms with Crippen LogP contribution in [0.2, 0.25) is 5.02 Å². The summed E-state index contributed by atoms with van der Waals surface area (Å²) >= 11 is 6.05. The Morgan fingerprint density at radius 3 is 3.00 bits per heavy atom. The Bertz CT molecular complexity index is 1030. The van der Waals surface area contributed by atoms with Crippen LogP contribution in [0.25, 0.3) is 11.0 Å². The highest BCUT2D eigenvalue weighted by atomic mass is 35.5. The first-order valence-electron chi connectivity index (χ1n) is 10.6. The number of benzene rings is 1. The summed E-state index contributed by atoms with van der Waals surface area (Å²) in [6.45, 7) is 5.71. The normalized spacial score (nSPS) is 16.9. The second-order valence-corrected chi connectivity index (χ2v) is 8.75. The molecule has 2 aromatic heterocycles. The molecule has 1 saturated heterocycles. The lowest BCUT2D eigenvalue weighted by Gasteiger charge is -2.32. The van der Waals surface area contributed by atoms with E-state index < -0.39 is 0 Å². The number of pyridine rings is 1. The van der Waals surface area contributed by atoms with Crippen molar-refractivity contribution < 1.29 is 4.79 Å². The summed E-state index contributed by atoms with van der Waals surface area (Å²) in [6, 6.07) is 12.2. The van der Waals surface area contributed by atoms with Gasteiger partial charge in [0.2, 0.25) is 5.91 Å². The van der Waals surface area contributed by atoms with Crippen molar-refractivity contribution in [2.24, 2.45) is 0 Å². The molecule has 2 N–H and O–H groups in total. The highest BCUT2D eigenvalue weighted by Gasteiger charge is 2.26. The van der Waals surface area contributed by atoms with Crippen molar-refractivity contribution in [1.82, 2.24) is 20.1 Å². The summed E-state index contributed by atoms with van der Waals surface area (Å²) < 4.78 is 0. The Morgan fingerprint density at radius 1 is 1.33 bits per heavy atom. The molecule has 1 fully saturated rings. The van der Waals surface area contributed by atoms with Crippen LogP contribution in [-0.2, 0) is 11.2 Å². The SMILES string of the molecule is CC(C)Nc1n[nH]c2nc(C3CCCN(C(=O)CCc4cccc(Cl)c4)C3)ccc12. The highest BCUT2D eigenvalue weighted by molar-refractivity contribution is 6.30. The minimum absolute atomic E-state index is 0.200. The van der Waals surface area contributed by atoms with Crippen LogP contribution in [0.1, 0.15) is 50.3 Å². The van der Waals surface area contributed by atoms with E-state index >= 15 is 0 Å². The van der Waals surface area contributed by atoms with Crippen molar-refractivity contribution in [1.29, 1.82) is 0 Å². The second-order valence-electron chi connectivity index (χ2n) is 8.31. The van der Waals surface area contributed by atoms with Crippen LogP contribution >= 0.6 is 11.6 Å². The zero-order valence-corrected chi connectivity index (χ0v) is 18.2. The molecule has 1 aromatic carbocycles. The van der Waals surface area contributed by atoms with Crippen LogP contribution in [0, 0.1) is 0 Å². The Morgan fingerprint density at radius 2 is 2.20 bits per heavy atom. The maximum absolute atomic E-state index is 12.8. The highest BCUT2D eigenvalue weighted by Crippen LogP contribution is 2.29. The van der Waals surface area contributed by atoms with Crippen LogP contribution in [0.4, 0.5) is 5.82 Å². The van der Waals surface area contributed by atoms with Gasteiger partial charge in [-0.2, -0.15) is 5.10 Å². The molecular weight excluding hydrogens is 398 g/mol. The number of aromatic amines is 1. The van der Waals surface area contributed by atoms with Gasteiger partial charge in [-0.3, -0.25) is 9.89 Å². The van der Waals surface area contributed by atoms with Gasteiger partial charge in [-0.05, 0) is 62.9 Å². The van der Waals surface area contributed by atoms with Gasteiger partial charge in [0.05, 0.1) is 5.39 Å². The first-order valence-corrected chi connectivity index (χ1v) is 11.0. The predicted molar refractivity (Wildman–Crippen MR) is 121 cm³/mol. The predicted octanol–water partition coefficient (Wildman–Crippen LogP) is 4.77. The van der Waals surface area contributed by atoms with Crippen LogP contribution in [-0.4, -0.2) is 45.1 Å². The van der Waals surface area contributed by atoms with Gasteiger partial charge in [0.25, 0.3) is 0 Å². The average molecular weight is 426 g/mol. The van der Waals surface area contributed by atoms with Gasteiger partial charge in [0.15, 0.2) is 11.5 Å². The topological polar surface area (TPSA) is 73.9 Å². The number of halogens is 1. The number of piperidine rings is 1. The standard InChI is InChI=1S/C23H28ClN5O/c1-15(2)25-22-19-9-10-20(26-23(19)28-27-22)17-6-4-12-29(14-17)21(30)11-8-16-5-3-7-18(24)13-16/h3,5,7,9-10,13,15,17H,4,6,8,11-12,14H2,1-2H3,(H2,25,26,27,28). The van der Waals surface area contributed by atoms with E-state index in [9.17, 15) is 4.79 Å². The molecule has 1 amide bonds. The molecule has 0 spiro atoms. The third-order valence-corrected chi connectivity index (χ3v) is 5.81. The lowest BCUT2D eigenvalue weighted by atomic mass is 9.93. The van der Waals surface area contributed by atoms with E-state index in [0.29, 0.717) is 23.9 Å². The van der Waals surface area contributed by atoms with Crippen molar-refractivity contribution in [3.05, 3.63) is 52.7 Å². The molecule has 3 aromatic rings. The average Bonchev–Trinajstić information content (AvgIpc) is 3.13. The summed E-state index contributed by atoms with van der Waals surface area (Å²) in [5, 5.41) is 12.4. The van der Waals surface area contributed by atoms with Gasteiger partial charge in [-0.25, -0.2) is 4.98 Å². The number of hydrogen-bond acceptors (Lipinski definition) is 4. The number of amides is 1. The third-order valence-electron chi connectivity index (χ3n) is 5.58. The number of aromatic nitrogens is 3. The molecule has 0 radical (unpaired) electrons. The zero-order chi connectivity index (χ0) is 21.1. The van der Waals surface area contributed by atoms with Crippen molar-refractivity contribution in [3.8, 4) is 0 Å². The van der Waals surface area contributed by atoms with E-state index in [1.807, 2.05) is 29.2 Å². The quantitative estimate of drug-likeness (QED) is 0.596. The van der Waals surface area contributed by atoms with Gasteiger partial charge in [0, 0.05) is 42.2 Å². The fourth-order valence-corrected chi connectivity index (χ4v) is 4.29. The van der Waals surface area contributed by atoms with Gasteiger partial charge in [-0.1, -0.05) is 23.7 Å². The molecule has 0 aliphatic carbocycles. The number of nitrogens with zero attached hydrogens (tertiary/aromatic N) is 3. The maximum atomic E-state index is 12.8. The van der Waals surface area contributed by atoms with Crippen LogP contribution < -0.4 is 5.32 Å². The molecule has 6 nitrogen and oxygen atoms in total. The van der Waals surface area contributed by atoms with Crippen LogP contribution in [0.15, 0.2) is 36.4 Å². The number of carbonyl (C=O) groups excluding carboxylic acids is 1. The zero-order valence-electron chi connectivity index (χ0n) is 17.5. The minimum Gasteiger partial charge on any atom is -0.366 e.